The van der Waals surface area contributed by atoms with Crippen molar-refractivity contribution < 1.29 is 35.8 Å². The van der Waals surface area contributed by atoms with Crippen molar-refractivity contribution in [3.8, 4) is 35.8 Å². The molecule has 2 heterocycles. The maximum atomic E-state index is 15.6. The zero-order valence-electron chi connectivity index (χ0n) is 16.9. The Hall–Kier alpha value is -5.60. The van der Waals surface area contributed by atoms with E-state index in [4.69, 9.17) is 30.5 Å². The van der Waals surface area contributed by atoms with Crippen LogP contribution in [-0.2, 0) is 0 Å². The fourth-order valence-corrected chi connectivity index (χ4v) is 3.82. The SMILES string of the molecule is N#CC(C#N)=C1Nc2c(c(F)c3c(c2F)c(F)c(F)c2c4c(c(F)c(F)c23)NC(=C(C#N)C#N)O4)O1. The molecule has 36 heavy (non-hydrogen) atoms. The molecule has 3 aromatic rings. The van der Waals surface area contributed by atoms with Crippen LogP contribution in [0.3, 0.4) is 0 Å². The third-order valence-corrected chi connectivity index (χ3v) is 5.34. The van der Waals surface area contributed by atoms with Gasteiger partial charge in [0.2, 0.25) is 11.8 Å². The van der Waals surface area contributed by atoms with E-state index in [-0.39, 0.29) is 0 Å². The Balaban J connectivity index is 1.96. The van der Waals surface area contributed by atoms with E-state index in [2.05, 4.69) is 10.6 Å². The summed E-state index contributed by atoms with van der Waals surface area (Å²) < 4.78 is 101. The lowest BCUT2D eigenvalue weighted by Crippen LogP contribution is -2.02. The molecule has 0 amide bonds. The largest absolute Gasteiger partial charge is 0.436 e. The predicted octanol–water partition coefficient (Wildman–Crippen LogP) is 4.95. The van der Waals surface area contributed by atoms with Crippen molar-refractivity contribution in [1.29, 1.82) is 21.0 Å². The number of fused-ring (bicyclic) bond motifs is 6. The number of nitrogens with one attached hydrogen (secondary N) is 2. The fraction of sp³-hybridized carbons (Fsp3) is 0. The van der Waals surface area contributed by atoms with Gasteiger partial charge in [-0.3, -0.25) is 0 Å². The first kappa shape index (κ1) is 22.2. The van der Waals surface area contributed by atoms with Crippen LogP contribution in [-0.4, -0.2) is 0 Å². The number of benzene rings is 3. The molecule has 0 saturated heterocycles. The fourth-order valence-electron chi connectivity index (χ4n) is 3.82. The second-order valence-corrected chi connectivity index (χ2v) is 7.10. The molecule has 8 nitrogen and oxygen atoms in total. The molecular formula is C22H2F6N6O2. The summed E-state index contributed by atoms with van der Waals surface area (Å²) in [6.45, 7) is 0. The van der Waals surface area contributed by atoms with Crippen LogP contribution in [0.2, 0.25) is 0 Å². The van der Waals surface area contributed by atoms with Crippen molar-refractivity contribution in [2.24, 2.45) is 0 Å². The maximum absolute atomic E-state index is 15.6. The summed E-state index contributed by atoms with van der Waals surface area (Å²) in [6, 6.07) is 5.59. The zero-order valence-corrected chi connectivity index (χ0v) is 16.9. The molecular weight excluding hydrogens is 494 g/mol. The van der Waals surface area contributed by atoms with Crippen LogP contribution in [0.1, 0.15) is 0 Å². The van der Waals surface area contributed by atoms with Crippen LogP contribution < -0.4 is 20.1 Å². The number of allylic oxidation sites excluding steroid dienone is 2. The van der Waals surface area contributed by atoms with Gasteiger partial charge in [0.25, 0.3) is 0 Å². The molecule has 2 aliphatic heterocycles. The van der Waals surface area contributed by atoms with E-state index in [0.29, 0.717) is 0 Å². The Morgan fingerprint density at radius 3 is 1.44 bits per heavy atom. The number of hydrogen-bond acceptors (Lipinski definition) is 8. The molecule has 0 unspecified atom stereocenters. The molecule has 0 bridgehead atoms. The third-order valence-electron chi connectivity index (χ3n) is 5.34. The van der Waals surface area contributed by atoms with E-state index in [9.17, 15) is 4.39 Å². The first-order chi connectivity index (χ1) is 17.2. The van der Waals surface area contributed by atoms with E-state index in [1.54, 1.807) is 0 Å². The summed E-state index contributed by atoms with van der Waals surface area (Å²) in [4.78, 5) is 0. The Kier molecular flexibility index (Phi) is 4.60. The van der Waals surface area contributed by atoms with Gasteiger partial charge in [0, 0.05) is 10.8 Å². The summed E-state index contributed by atoms with van der Waals surface area (Å²) in [7, 11) is 0. The standard InChI is InChI=1S/C22H2F6N6O2/c23-11-8-7-9(14(26)17-20(15(7)27)36-22(33-17)6(3-31)4-32)12(24)13(25)10(8)19-18(16(11)28)34-21(35-19)5(1-29)2-30/h33-34H. The van der Waals surface area contributed by atoms with Gasteiger partial charge in [-0.05, 0) is 0 Å². The minimum absolute atomic E-state index is 0.732. The minimum Gasteiger partial charge on any atom is -0.436 e. The number of nitrogens with zero attached hydrogens (tertiary/aromatic N) is 4. The van der Waals surface area contributed by atoms with E-state index in [1.165, 1.54) is 24.3 Å². The number of anilines is 2. The van der Waals surface area contributed by atoms with Crippen LogP contribution in [0, 0.1) is 80.2 Å². The highest BCUT2D eigenvalue weighted by Gasteiger charge is 2.38. The quantitative estimate of drug-likeness (QED) is 0.253. The van der Waals surface area contributed by atoms with Gasteiger partial charge in [0.1, 0.15) is 35.7 Å². The Labute approximate surface area is 194 Å². The highest BCUT2D eigenvalue weighted by atomic mass is 19.2. The minimum atomic E-state index is -2.02. The van der Waals surface area contributed by atoms with Crippen molar-refractivity contribution in [2.45, 2.75) is 0 Å². The van der Waals surface area contributed by atoms with Gasteiger partial charge in [-0.2, -0.15) is 21.0 Å². The van der Waals surface area contributed by atoms with Gasteiger partial charge in [0.05, 0.1) is 10.8 Å². The van der Waals surface area contributed by atoms with E-state index in [0.717, 1.165) is 0 Å². The summed E-state index contributed by atoms with van der Waals surface area (Å²) in [5, 5.41) is 34.9. The Morgan fingerprint density at radius 1 is 0.500 bits per heavy atom. The molecule has 2 aliphatic rings. The predicted molar refractivity (Wildman–Crippen MR) is 106 cm³/mol. The summed E-state index contributed by atoms with van der Waals surface area (Å²) in [5.74, 6) is -14.5. The van der Waals surface area contributed by atoms with Gasteiger partial charge >= 0.3 is 0 Å². The van der Waals surface area contributed by atoms with Crippen LogP contribution in [0.15, 0.2) is 22.9 Å². The van der Waals surface area contributed by atoms with Crippen molar-refractivity contribution >= 4 is 32.9 Å². The lowest BCUT2D eigenvalue weighted by Gasteiger charge is -2.14. The summed E-state index contributed by atoms with van der Waals surface area (Å²) >= 11 is 0. The van der Waals surface area contributed by atoms with Crippen LogP contribution in [0.25, 0.3) is 21.5 Å². The number of ether oxygens (including phenoxy) is 2. The van der Waals surface area contributed by atoms with Crippen molar-refractivity contribution in [2.75, 3.05) is 10.6 Å². The molecule has 0 saturated carbocycles. The number of nitriles is 4. The number of hydrogen-bond donors (Lipinski definition) is 2. The first-order valence-corrected chi connectivity index (χ1v) is 9.34. The Morgan fingerprint density at radius 2 is 0.917 bits per heavy atom. The monoisotopic (exact) mass is 496 g/mol. The lowest BCUT2D eigenvalue weighted by molar-refractivity contribution is 0.424. The molecule has 0 aliphatic carbocycles. The molecule has 3 aromatic carbocycles. The maximum Gasteiger partial charge on any atom is 0.227 e. The van der Waals surface area contributed by atoms with Crippen molar-refractivity contribution in [3.63, 3.8) is 0 Å². The normalized spacial score (nSPS) is 12.8. The van der Waals surface area contributed by atoms with Gasteiger partial charge in [-0.25, -0.2) is 26.3 Å². The van der Waals surface area contributed by atoms with Gasteiger partial charge in [0.15, 0.2) is 57.5 Å². The summed E-state index contributed by atoms with van der Waals surface area (Å²) in [6.07, 6.45) is 0. The van der Waals surface area contributed by atoms with Gasteiger partial charge < -0.3 is 20.1 Å². The molecule has 174 valence electrons. The molecule has 0 spiro atoms. The zero-order chi connectivity index (χ0) is 26.0. The van der Waals surface area contributed by atoms with Crippen LogP contribution in [0.5, 0.6) is 11.5 Å². The molecule has 0 aromatic heterocycles. The first-order valence-electron chi connectivity index (χ1n) is 9.34. The smallest absolute Gasteiger partial charge is 0.227 e. The van der Waals surface area contributed by atoms with E-state index in [1.807, 2.05) is 0 Å². The van der Waals surface area contributed by atoms with Crippen molar-refractivity contribution in [3.05, 3.63) is 57.8 Å². The van der Waals surface area contributed by atoms with Crippen LogP contribution in [0.4, 0.5) is 37.7 Å². The molecule has 0 atom stereocenters. The number of halogens is 6. The highest BCUT2D eigenvalue weighted by molar-refractivity contribution is 6.14. The second kappa shape index (κ2) is 7.45. The average Bonchev–Trinajstić information content (AvgIpc) is 3.50. The molecule has 0 fully saturated rings. The highest BCUT2D eigenvalue weighted by Crippen LogP contribution is 2.52. The lowest BCUT2D eigenvalue weighted by atomic mass is 9.96. The van der Waals surface area contributed by atoms with Gasteiger partial charge in [-0.15, -0.1) is 0 Å². The third kappa shape index (κ3) is 2.61. The van der Waals surface area contributed by atoms with E-state index < -0.39 is 102 Å². The summed E-state index contributed by atoms with van der Waals surface area (Å²) in [5.41, 5.74) is -3.37. The molecule has 0 radical (unpaired) electrons. The average molecular weight is 496 g/mol. The van der Waals surface area contributed by atoms with Crippen LogP contribution >= 0.6 is 0 Å². The van der Waals surface area contributed by atoms with Gasteiger partial charge in [-0.1, -0.05) is 0 Å². The number of rotatable bonds is 0. The molecule has 14 heteroatoms. The molecule has 5 rings (SSSR count). The topological polar surface area (TPSA) is 138 Å². The van der Waals surface area contributed by atoms with E-state index >= 15 is 22.0 Å². The van der Waals surface area contributed by atoms with Crippen molar-refractivity contribution in [1.82, 2.24) is 0 Å². The Bertz CT molecular complexity index is 1820. The molecule has 2 N–H and O–H groups in total. The second-order valence-electron chi connectivity index (χ2n) is 7.10.